The van der Waals surface area contributed by atoms with Gasteiger partial charge in [-0.15, -0.1) is 0 Å². The van der Waals surface area contributed by atoms with Gasteiger partial charge in [0, 0.05) is 18.0 Å². The first-order valence-corrected chi connectivity index (χ1v) is 8.51. The van der Waals surface area contributed by atoms with E-state index in [1.807, 2.05) is 25.4 Å². The molecule has 1 aliphatic carbocycles. The summed E-state index contributed by atoms with van der Waals surface area (Å²) in [7, 11) is 0. The van der Waals surface area contributed by atoms with Crippen molar-refractivity contribution < 1.29 is 14.7 Å². The van der Waals surface area contributed by atoms with Crippen LogP contribution in [0.15, 0.2) is 30.6 Å². The Balaban J connectivity index is 1.72. The van der Waals surface area contributed by atoms with Crippen molar-refractivity contribution in [2.75, 3.05) is 13.2 Å². The monoisotopic (exact) mass is 326 g/mol. The van der Waals surface area contributed by atoms with Crippen LogP contribution in [0.1, 0.15) is 47.7 Å². The average molecular weight is 326 g/mol. The highest BCUT2D eigenvalue weighted by Crippen LogP contribution is 2.37. The van der Waals surface area contributed by atoms with E-state index in [2.05, 4.69) is 22.6 Å². The lowest BCUT2D eigenvalue weighted by Crippen LogP contribution is -2.30. The molecule has 0 fully saturated rings. The number of hydrogen-bond donors (Lipinski definition) is 2. The number of nitrogens with zero attached hydrogens (tertiary/aromatic N) is 1. The fraction of sp³-hybridized carbons (Fsp3) is 0.421. The van der Waals surface area contributed by atoms with Crippen LogP contribution in [0, 0.1) is 0 Å². The summed E-state index contributed by atoms with van der Waals surface area (Å²) in [5.74, 6) is 0. The Morgan fingerprint density at radius 1 is 1.33 bits per heavy atom. The molecule has 1 aromatic heterocycles. The minimum atomic E-state index is -0.319. The maximum atomic E-state index is 10.00. The number of pyridine rings is 1. The summed E-state index contributed by atoms with van der Waals surface area (Å²) in [5.41, 5.74) is 9.87. The Kier molecular flexibility index (Phi) is 4.33. The van der Waals surface area contributed by atoms with E-state index in [9.17, 15) is 5.11 Å². The lowest BCUT2D eigenvalue weighted by molar-refractivity contribution is -0.0190. The molecule has 2 heterocycles. The van der Waals surface area contributed by atoms with Gasteiger partial charge in [-0.2, -0.15) is 5.48 Å². The lowest BCUT2D eigenvalue weighted by Gasteiger charge is -2.27. The Hall–Kier alpha value is -1.79. The Labute approximate surface area is 141 Å². The number of nitrogens with one attached hydrogen (secondary N) is 1. The van der Waals surface area contributed by atoms with Gasteiger partial charge in [0.05, 0.1) is 32.0 Å². The van der Waals surface area contributed by atoms with Crippen LogP contribution in [0.25, 0.3) is 11.1 Å². The molecule has 0 saturated heterocycles. The van der Waals surface area contributed by atoms with Crippen LogP contribution in [0.2, 0.25) is 0 Å². The summed E-state index contributed by atoms with van der Waals surface area (Å²) in [5, 5.41) is 10.00. The van der Waals surface area contributed by atoms with Crippen LogP contribution in [0.5, 0.6) is 0 Å². The van der Waals surface area contributed by atoms with Gasteiger partial charge < -0.3 is 14.7 Å². The molecule has 4 rings (SSSR count). The Morgan fingerprint density at radius 2 is 2.25 bits per heavy atom. The minimum Gasteiger partial charge on any atom is -0.388 e. The highest BCUT2D eigenvalue weighted by molar-refractivity contribution is 5.69. The third kappa shape index (κ3) is 2.74. The van der Waals surface area contributed by atoms with Crippen molar-refractivity contribution in [3.8, 4) is 11.1 Å². The molecule has 1 aromatic carbocycles. The van der Waals surface area contributed by atoms with E-state index in [0.29, 0.717) is 19.8 Å². The maximum absolute atomic E-state index is 10.00. The molecular formula is C19H22N2O3. The van der Waals surface area contributed by atoms with Crippen LogP contribution in [0.4, 0.5) is 0 Å². The molecule has 2 aliphatic rings. The van der Waals surface area contributed by atoms with Gasteiger partial charge in [-0.1, -0.05) is 18.2 Å². The number of aromatic nitrogens is 1. The smallest absolute Gasteiger partial charge is 0.0824 e. The first kappa shape index (κ1) is 15.7. The second-order valence-corrected chi connectivity index (χ2v) is 6.34. The molecule has 0 saturated carbocycles. The number of fused-ring (bicyclic) bond motifs is 2. The van der Waals surface area contributed by atoms with Crippen LogP contribution in [0.3, 0.4) is 0 Å². The van der Waals surface area contributed by atoms with E-state index in [4.69, 9.17) is 9.57 Å². The van der Waals surface area contributed by atoms with Crippen molar-refractivity contribution in [1.82, 2.24) is 10.5 Å². The first-order valence-electron chi connectivity index (χ1n) is 8.51. The largest absolute Gasteiger partial charge is 0.388 e. The van der Waals surface area contributed by atoms with Crippen LogP contribution in [-0.4, -0.2) is 23.3 Å². The van der Waals surface area contributed by atoms with E-state index in [0.717, 1.165) is 40.7 Å². The van der Waals surface area contributed by atoms with Gasteiger partial charge in [0.2, 0.25) is 0 Å². The quantitative estimate of drug-likeness (QED) is 0.846. The summed E-state index contributed by atoms with van der Waals surface area (Å²) < 4.78 is 5.77. The molecule has 1 aliphatic heterocycles. The first-order chi connectivity index (χ1) is 11.8. The molecule has 2 aromatic rings. The molecule has 2 N–H and O–H groups in total. The fourth-order valence-corrected chi connectivity index (χ4v) is 3.63. The zero-order valence-electron chi connectivity index (χ0n) is 13.8. The van der Waals surface area contributed by atoms with Gasteiger partial charge in [0.25, 0.3) is 0 Å². The predicted molar refractivity (Wildman–Crippen MR) is 90.1 cm³/mol. The lowest BCUT2D eigenvalue weighted by atomic mass is 9.92. The standard InChI is InChI=1S/C19H22N2O3/c1-2-24-21-18-11-23-10-17-15(8-20-9-16(17)18)13-3-5-14-12(7-13)4-6-19(14)22/h3,5,7-9,18-19,21-22H,2,4,6,10-11H2,1H3. The maximum Gasteiger partial charge on any atom is 0.0824 e. The topological polar surface area (TPSA) is 63.6 Å². The molecule has 5 nitrogen and oxygen atoms in total. The fourth-order valence-electron chi connectivity index (χ4n) is 3.63. The van der Waals surface area contributed by atoms with Crippen molar-refractivity contribution in [3.63, 3.8) is 0 Å². The SMILES string of the molecule is CCONC1COCc2c(-c3ccc4c(c3)CCC4O)cncc21. The molecule has 24 heavy (non-hydrogen) atoms. The van der Waals surface area contributed by atoms with E-state index < -0.39 is 0 Å². The average Bonchev–Trinajstić information content (AvgIpc) is 3.00. The van der Waals surface area contributed by atoms with Gasteiger partial charge in [0.15, 0.2) is 0 Å². The zero-order valence-corrected chi connectivity index (χ0v) is 13.8. The highest BCUT2D eigenvalue weighted by atomic mass is 16.6. The van der Waals surface area contributed by atoms with Crippen molar-refractivity contribution in [2.24, 2.45) is 0 Å². The number of aryl methyl sites for hydroxylation is 1. The molecule has 0 spiro atoms. The predicted octanol–water partition coefficient (Wildman–Crippen LogP) is 2.84. The van der Waals surface area contributed by atoms with Gasteiger partial charge >= 0.3 is 0 Å². The molecule has 2 unspecified atom stereocenters. The number of hydroxylamine groups is 1. The van der Waals surface area contributed by atoms with Crippen LogP contribution >= 0.6 is 0 Å². The third-order valence-electron chi connectivity index (χ3n) is 4.87. The molecule has 0 bridgehead atoms. The van der Waals surface area contributed by atoms with E-state index in [1.54, 1.807) is 0 Å². The summed E-state index contributed by atoms with van der Waals surface area (Å²) in [6, 6.07) is 6.30. The second kappa shape index (κ2) is 6.61. The zero-order chi connectivity index (χ0) is 16.5. The summed E-state index contributed by atoms with van der Waals surface area (Å²) in [6.45, 7) is 3.71. The summed E-state index contributed by atoms with van der Waals surface area (Å²) in [4.78, 5) is 9.80. The van der Waals surface area contributed by atoms with Gasteiger partial charge in [-0.25, -0.2) is 0 Å². The molecule has 2 atom stereocenters. The van der Waals surface area contributed by atoms with Gasteiger partial charge in [-0.05, 0) is 47.6 Å². The number of rotatable bonds is 4. The van der Waals surface area contributed by atoms with Gasteiger partial charge in [0.1, 0.15) is 0 Å². The number of ether oxygens (including phenoxy) is 1. The normalized spacial score (nSPS) is 22.2. The van der Waals surface area contributed by atoms with Crippen molar-refractivity contribution in [3.05, 3.63) is 52.8 Å². The van der Waals surface area contributed by atoms with Crippen molar-refractivity contribution >= 4 is 0 Å². The van der Waals surface area contributed by atoms with Crippen LogP contribution in [-0.2, 0) is 22.6 Å². The van der Waals surface area contributed by atoms with E-state index >= 15 is 0 Å². The van der Waals surface area contributed by atoms with E-state index in [1.165, 1.54) is 5.56 Å². The number of aliphatic hydroxyl groups excluding tert-OH is 1. The molecular weight excluding hydrogens is 304 g/mol. The second-order valence-electron chi connectivity index (χ2n) is 6.34. The Bertz CT molecular complexity index is 747. The molecule has 5 heteroatoms. The van der Waals surface area contributed by atoms with Gasteiger partial charge in [-0.3, -0.25) is 4.98 Å². The number of benzene rings is 1. The van der Waals surface area contributed by atoms with Crippen molar-refractivity contribution in [2.45, 2.75) is 38.5 Å². The molecule has 0 amide bonds. The van der Waals surface area contributed by atoms with Crippen molar-refractivity contribution in [1.29, 1.82) is 0 Å². The van der Waals surface area contributed by atoms with E-state index in [-0.39, 0.29) is 12.1 Å². The summed E-state index contributed by atoms with van der Waals surface area (Å²) in [6.07, 6.45) is 5.22. The third-order valence-corrected chi connectivity index (χ3v) is 4.87. The summed E-state index contributed by atoms with van der Waals surface area (Å²) >= 11 is 0. The molecule has 126 valence electrons. The Morgan fingerprint density at radius 3 is 3.12 bits per heavy atom. The minimum absolute atomic E-state index is 0.00241. The number of aliphatic hydroxyl groups is 1. The highest BCUT2D eigenvalue weighted by Gasteiger charge is 2.25. The van der Waals surface area contributed by atoms with Crippen LogP contribution < -0.4 is 5.48 Å². The molecule has 0 radical (unpaired) electrons. The number of hydrogen-bond acceptors (Lipinski definition) is 5.